The van der Waals surface area contributed by atoms with Crippen LogP contribution in [-0.4, -0.2) is 22.3 Å². The Morgan fingerprint density at radius 3 is 2.78 bits per heavy atom. The highest BCUT2D eigenvalue weighted by atomic mass is 16.1. The number of fused-ring (bicyclic) bond motifs is 3. The molecule has 1 aromatic heterocycles. The average molecular weight is 301 g/mol. The fourth-order valence-corrected chi connectivity index (χ4v) is 2.46. The SMILES string of the molecule is N#Cc1ccc(NC(=O)c2n[nH]c3c4c(ccc23)[N]N=C4)cc1. The maximum absolute atomic E-state index is 12.4. The molecule has 1 radical (unpaired) electrons. The Morgan fingerprint density at radius 2 is 2.00 bits per heavy atom. The van der Waals surface area contributed by atoms with Gasteiger partial charge in [0.15, 0.2) is 5.69 Å². The minimum atomic E-state index is -0.326. The first kappa shape index (κ1) is 13.0. The Morgan fingerprint density at radius 1 is 1.17 bits per heavy atom. The third-order valence-electron chi connectivity index (χ3n) is 3.60. The molecule has 0 aliphatic carbocycles. The number of carbonyl (C=O) groups is 1. The molecule has 0 bridgehead atoms. The molecule has 0 unspecified atom stereocenters. The van der Waals surface area contributed by atoms with Crippen molar-refractivity contribution in [1.82, 2.24) is 15.6 Å². The van der Waals surface area contributed by atoms with E-state index in [0.29, 0.717) is 22.3 Å². The predicted molar refractivity (Wildman–Crippen MR) is 84.6 cm³/mol. The summed E-state index contributed by atoms with van der Waals surface area (Å²) in [6.07, 6.45) is 1.64. The number of anilines is 1. The van der Waals surface area contributed by atoms with Gasteiger partial charge in [-0.05, 0) is 36.4 Å². The Hall–Kier alpha value is -3.66. The van der Waals surface area contributed by atoms with Crippen molar-refractivity contribution in [3.63, 3.8) is 0 Å². The normalized spacial score (nSPS) is 11.8. The molecule has 3 aromatic rings. The highest BCUT2D eigenvalue weighted by Gasteiger charge is 2.19. The molecule has 2 heterocycles. The highest BCUT2D eigenvalue weighted by molar-refractivity contribution is 6.14. The molecule has 7 nitrogen and oxygen atoms in total. The van der Waals surface area contributed by atoms with E-state index in [-0.39, 0.29) is 5.91 Å². The molecular formula is C16H9N6O. The molecule has 2 aromatic carbocycles. The Labute approximate surface area is 130 Å². The van der Waals surface area contributed by atoms with Gasteiger partial charge in [-0.3, -0.25) is 9.89 Å². The van der Waals surface area contributed by atoms with Crippen molar-refractivity contribution in [1.29, 1.82) is 5.26 Å². The lowest BCUT2D eigenvalue weighted by Gasteiger charge is -2.03. The number of nitriles is 1. The lowest BCUT2D eigenvalue weighted by molar-refractivity contribution is 0.102. The van der Waals surface area contributed by atoms with E-state index >= 15 is 0 Å². The number of nitrogens with zero attached hydrogens (tertiary/aromatic N) is 4. The third kappa shape index (κ3) is 2.10. The topological polar surface area (TPSA) is 108 Å². The number of amides is 1. The molecular weight excluding hydrogens is 292 g/mol. The van der Waals surface area contributed by atoms with Gasteiger partial charge in [0, 0.05) is 16.6 Å². The first-order chi connectivity index (χ1) is 11.3. The number of benzene rings is 2. The number of H-pyrrole nitrogens is 1. The van der Waals surface area contributed by atoms with E-state index in [1.54, 1.807) is 42.6 Å². The quantitative estimate of drug-likeness (QED) is 0.757. The fraction of sp³-hybridized carbons (Fsp3) is 0. The molecule has 4 rings (SSSR count). The van der Waals surface area contributed by atoms with Crippen molar-refractivity contribution in [2.45, 2.75) is 0 Å². The van der Waals surface area contributed by atoms with Gasteiger partial charge < -0.3 is 5.32 Å². The number of aromatic amines is 1. The molecule has 23 heavy (non-hydrogen) atoms. The zero-order valence-electron chi connectivity index (χ0n) is 11.7. The summed E-state index contributed by atoms with van der Waals surface area (Å²) in [7, 11) is 0. The van der Waals surface area contributed by atoms with Gasteiger partial charge in [0.2, 0.25) is 0 Å². The summed E-state index contributed by atoms with van der Waals surface area (Å²) >= 11 is 0. The van der Waals surface area contributed by atoms with Gasteiger partial charge in [0.25, 0.3) is 5.91 Å². The first-order valence-corrected chi connectivity index (χ1v) is 6.83. The molecule has 0 fully saturated rings. The maximum Gasteiger partial charge on any atom is 0.276 e. The van der Waals surface area contributed by atoms with Gasteiger partial charge in [-0.1, -0.05) is 0 Å². The monoisotopic (exact) mass is 301 g/mol. The van der Waals surface area contributed by atoms with Crippen LogP contribution in [0.4, 0.5) is 11.4 Å². The van der Waals surface area contributed by atoms with Crippen LogP contribution in [0.1, 0.15) is 21.6 Å². The summed E-state index contributed by atoms with van der Waals surface area (Å²) in [5.74, 6) is -0.326. The number of hydrogen-bond acceptors (Lipinski definition) is 4. The lowest BCUT2D eigenvalue weighted by Crippen LogP contribution is -2.12. The van der Waals surface area contributed by atoms with Crippen molar-refractivity contribution in [2.75, 3.05) is 5.32 Å². The lowest BCUT2D eigenvalue weighted by atomic mass is 10.1. The van der Waals surface area contributed by atoms with Crippen LogP contribution in [0.25, 0.3) is 10.9 Å². The van der Waals surface area contributed by atoms with Gasteiger partial charge >= 0.3 is 0 Å². The second kappa shape index (κ2) is 4.96. The van der Waals surface area contributed by atoms with Gasteiger partial charge in [-0.15, -0.1) is 0 Å². The molecule has 0 atom stereocenters. The predicted octanol–water partition coefficient (Wildman–Crippen LogP) is 2.27. The summed E-state index contributed by atoms with van der Waals surface area (Å²) in [5, 5.41) is 23.1. The minimum absolute atomic E-state index is 0.299. The molecule has 109 valence electrons. The maximum atomic E-state index is 12.4. The van der Waals surface area contributed by atoms with Crippen LogP contribution in [0.5, 0.6) is 0 Å². The minimum Gasteiger partial charge on any atom is -0.321 e. The number of hydrogen-bond donors (Lipinski definition) is 2. The van der Waals surface area contributed by atoms with Crippen LogP contribution in [0, 0.1) is 11.3 Å². The van der Waals surface area contributed by atoms with E-state index in [4.69, 9.17) is 5.26 Å². The number of nitrogens with one attached hydrogen (secondary N) is 2. The van der Waals surface area contributed by atoms with Crippen LogP contribution in [0.15, 0.2) is 41.5 Å². The van der Waals surface area contributed by atoms with Crippen molar-refractivity contribution < 1.29 is 4.79 Å². The zero-order chi connectivity index (χ0) is 15.8. The smallest absolute Gasteiger partial charge is 0.276 e. The fourth-order valence-electron chi connectivity index (χ4n) is 2.46. The number of rotatable bonds is 2. The van der Waals surface area contributed by atoms with Gasteiger partial charge in [0.1, 0.15) is 0 Å². The van der Waals surface area contributed by atoms with E-state index in [0.717, 1.165) is 16.8 Å². The molecule has 1 amide bonds. The van der Waals surface area contributed by atoms with Gasteiger partial charge in [0.05, 0.1) is 29.1 Å². The van der Waals surface area contributed by atoms with E-state index in [9.17, 15) is 4.79 Å². The standard InChI is InChI=1S/C16H9N6O/c17-7-9-1-3-10(4-2-9)19-16(23)15-11-5-6-13-12(8-18-20-13)14(11)21-22-15/h1-6,8H,(H,19,23)(H,21,22). The second-order valence-electron chi connectivity index (χ2n) is 4.98. The zero-order valence-corrected chi connectivity index (χ0v) is 11.7. The van der Waals surface area contributed by atoms with Crippen molar-refractivity contribution >= 4 is 34.4 Å². The molecule has 2 N–H and O–H groups in total. The van der Waals surface area contributed by atoms with Crippen LogP contribution in [0.2, 0.25) is 0 Å². The molecule has 0 spiro atoms. The van der Waals surface area contributed by atoms with E-state index in [1.165, 1.54) is 0 Å². The highest BCUT2D eigenvalue weighted by Crippen LogP contribution is 2.28. The third-order valence-corrected chi connectivity index (χ3v) is 3.60. The first-order valence-electron chi connectivity index (χ1n) is 6.83. The number of aromatic nitrogens is 2. The molecule has 1 aliphatic rings. The summed E-state index contributed by atoms with van der Waals surface area (Å²) in [6, 6.07) is 12.3. The summed E-state index contributed by atoms with van der Waals surface area (Å²) < 4.78 is 0. The largest absolute Gasteiger partial charge is 0.321 e. The van der Waals surface area contributed by atoms with Crippen LogP contribution < -0.4 is 10.7 Å². The Bertz CT molecular complexity index is 994. The van der Waals surface area contributed by atoms with Gasteiger partial charge in [-0.25, -0.2) is 0 Å². The van der Waals surface area contributed by atoms with Crippen molar-refractivity contribution in [2.24, 2.45) is 5.10 Å². The average Bonchev–Trinajstić information content (AvgIpc) is 3.21. The Kier molecular flexibility index (Phi) is 2.81. The van der Waals surface area contributed by atoms with Crippen LogP contribution >= 0.6 is 0 Å². The van der Waals surface area contributed by atoms with E-state index in [1.807, 2.05) is 6.07 Å². The van der Waals surface area contributed by atoms with Crippen LogP contribution in [0.3, 0.4) is 0 Å². The summed E-state index contributed by atoms with van der Waals surface area (Å²) in [6.45, 7) is 0. The number of carbonyl (C=O) groups excluding carboxylic acids is 1. The van der Waals surface area contributed by atoms with Crippen LogP contribution in [-0.2, 0) is 0 Å². The molecule has 0 saturated heterocycles. The molecule has 7 heteroatoms. The van der Waals surface area contributed by atoms with Gasteiger partial charge in [-0.2, -0.15) is 20.9 Å². The van der Waals surface area contributed by atoms with Crippen molar-refractivity contribution in [3.8, 4) is 6.07 Å². The van der Waals surface area contributed by atoms with E-state index < -0.39 is 0 Å². The van der Waals surface area contributed by atoms with E-state index in [2.05, 4.69) is 26.0 Å². The van der Waals surface area contributed by atoms with Crippen molar-refractivity contribution in [3.05, 3.63) is 53.2 Å². The Balaban J connectivity index is 1.67. The summed E-state index contributed by atoms with van der Waals surface area (Å²) in [4.78, 5) is 12.4. The molecule has 0 saturated carbocycles. The second-order valence-corrected chi connectivity index (χ2v) is 4.98. The molecule has 1 aliphatic heterocycles. The summed E-state index contributed by atoms with van der Waals surface area (Å²) in [5.41, 5.74) is 7.73.